The summed E-state index contributed by atoms with van der Waals surface area (Å²) < 4.78 is 29.0. The zero-order valence-corrected chi connectivity index (χ0v) is 17.7. The van der Waals surface area contributed by atoms with Crippen molar-refractivity contribution in [2.24, 2.45) is 11.3 Å². The van der Waals surface area contributed by atoms with E-state index in [9.17, 15) is 13.2 Å². The van der Waals surface area contributed by atoms with Gasteiger partial charge in [0.25, 0.3) is 10.2 Å². The molecule has 0 aromatic carbocycles. The number of carbonyl (C=O) groups excluding carboxylic acids is 1. The zero-order valence-electron chi connectivity index (χ0n) is 16.1. The average Bonchev–Trinajstić information content (AvgIpc) is 3.41. The van der Waals surface area contributed by atoms with E-state index in [1.165, 1.54) is 0 Å². The largest absolute Gasteiger partial charge is 0.340 e. The second-order valence-corrected chi connectivity index (χ2v) is 10.3. The standard InChI is InChI=1S/C18H32N4O3S.ClH/c23-17(16-15-18(16)5-7-19-8-6-18)20-11-13-22(14-12-20)26(24,25)21-9-3-1-2-4-10-21;/h16,19H,1-15H2;1H. The highest BCUT2D eigenvalue weighted by molar-refractivity contribution is 7.86. The summed E-state index contributed by atoms with van der Waals surface area (Å²) in [5, 5.41) is 3.37. The molecular formula is C18H33ClN4O3S. The molecule has 0 bridgehead atoms. The molecule has 4 rings (SSSR count). The summed E-state index contributed by atoms with van der Waals surface area (Å²) in [6.45, 7) is 5.27. The van der Waals surface area contributed by atoms with Gasteiger partial charge in [0.15, 0.2) is 0 Å². The SMILES string of the molecule is Cl.O=C(C1CC12CCNCC2)N1CCN(S(=O)(=O)N2CCCCCC2)CC1. The van der Waals surface area contributed by atoms with E-state index in [4.69, 9.17) is 0 Å². The lowest BCUT2D eigenvalue weighted by Gasteiger charge is -2.37. The van der Waals surface area contributed by atoms with Crippen molar-refractivity contribution in [2.75, 3.05) is 52.4 Å². The first-order valence-electron chi connectivity index (χ1n) is 10.3. The Morgan fingerprint density at radius 1 is 0.852 bits per heavy atom. The molecule has 7 nitrogen and oxygen atoms in total. The van der Waals surface area contributed by atoms with Crippen LogP contribution in [0.5, 0.6) is 0 Å². The summed E-state index contributed by atoms with van der Waals surface area (Å²) in [5.74, 6) is 0.442. The molecule has 3 aliphatic heterocycles. The molecule has 0 radical (unpaired) electrons. The van der Waals surface area contributed by atoms with Gasteiger partial charge in [0.1, 0.15) is 0 Å². The first kappa shape index (κ1) is 21.3. The van der Waals surface area contributed by atoms with Crippen molar-refractivity contribution < 1.29 is 13.2 Å². The first-order chi connectivity index (χ1) is 12.5. The van der Waals surface area contributed by atoms with Gasteiger partial charge < -0.3 is 10.2 Å². The Morgan fingerprint density at radius 3 is 2.00 bits per heavy atom. The average molecular weight is 421 g/mol. The van der Waals surface area contributed by atoms with Crippen molar-refractivity contribution in [3.63, 3.8) is 0 Å². The third-order valence-electron chi connectivity index (χ3n) is 6.86. The fourth-order valence-corrected chi connectivity index (χ4v) is 6.64. The van der Waals surface area contributed by atoms with Crippen LogP contribution in [-0.4, -0.2) is 80.2 Å². The molecule has 1 aliphatic carbocycles. The van der Waals surface area contributed by atoms with Gasteiger partial charge in [-0.25, -0.2) is 0 Å². The second-order valence-electron chi connectivity index (χ2n) is 8.41. The maximum atomic E-state index is 12.9. The molecule has 27 heavy (non-hydrogen) atoms. The topological polar surface area (TPSA) is 73.0 Å². The number of piperazine rings is 1. The van der Waals surface area contributed by atoms with E-state index < -0.39 is 10.2 Å². The minimum absolute atomic E-state index is 0. The maximum absolute atomic E-state index is 12.9. The number of hydrogen-bond acceptors (Lipinski definition) is 4. The summed E-state index contributed by atoms with van der Waals surface area (Å²) in [4.78, 5) is 14.8. The molecule has 0 aromatic rings. The molecule has 1 amide bonds. The molecule has 0 aromatic heterocycles. The highest BCUT2D eigenvalue weighted by Gasteiger charge is 2.58. The van der Waals surface area contributed by atoms with Crippen LogP contribution in [-0.2, 0) is 15.0 Å². The van der Waals surface area contributed by atoms with Gasteiger partial charge in [-0.3, -0.25) is 4.79 Å². The molecule has 1 spiro atoms. The molecule has 9 heteroatoms. The van der Waals surface area contributed by atoms with Crippen LogP contribution >= 0.6 is 12.4 Å². The Hall–Kier alpha value is -0.410. The van der Waals surface area contributed by atoms with Gasteiger partial charge in [0, 0.05) is 45.2 Å². The smallest absolute Gasteiger partial charge is 0.282 e. The number of nitrogens with zero attached hydrogens (tertiary/aromatic N) is 3. The van der Waals surface area contributed by atoms with Crippen LogP contribution in [0.1, 0.15) is 44.9 Å². The monoisotopic (exact) mass is 420 g/mol. The number of amides is 1. The van der Waals surface area contributed by atoms with E-state index in [-0.39, 0.29) is 29.6 Å². The summed E-state index contributed by atoms with van der Waals surface area (Å²) in [6.07, 6.45) is 7.38. The number of hydrogen-bond donors (Lipinski definition) is 1. The highest BCUT2D eigenvalue weighted by atomic mass is 35.5. The Labute approximate surface area is 169 Å². The van der Waals surface area contributed by atoms with E-state index in [0.717, 1.165) is 58.0 Å². The Morgan fingerprint density at radius 2 is 1.41 bits per heavy atom. The normalized spacial score (nSPS) is 29.8. The minimum Gasteiger partial charge on any atom is -0.340 e. The summed E-state index contributed by atoms with van der Waals surface area (Å²) >= 11 is 0. The third kappa shape index (κ3) is 4.29. The van der Waals surface area contributed by atoms with Crippen molar-refractivity contribution in [3.05, 3.63) is 0 Å². The van der Waals surface area contributed by atoms with Crippen molar-refractivity contribution in [2.45, 2.75) is 44.9 Å². The van der Waals surface area contributed by atoms with Gasteiger partial charge in [-0.2, -0.15) is 17.0 Å². The van der Waals surface area contributed by atoms with Crippen molar-refractivity contribution in [1.82, 2.24) is 18.8 Å². The fourth-order valence-electron chi connectivity index (χ4n) is 4.97. The molecule has 4 fully saturated rings. The Kier molecular flexibility index (Phi) is 6.73. The van der Waals surface area contributed by atoms with E-state index in [1.54, 1.807) is 8.61 Å². The summed E-state index contributed by atoms with van der Waals surface area (Å²) in [5.41, 5.74) is 0.248. The summed E-state index contributed by atoms with van der Waals surface area (Å²) in [7, 11) is -3.37. The number of rotatable bonds is 3. The predicted octanol–water partition coefficient (Wildman–Crippen LogP) is 1.06. The van der Waals surface area contributed by atoms with Gasteiger partial charge in [-0.05, 0) is 50.6 Å². The molecule has 3 heterocycles. The molecule has 1 atom stereocenters. The van der Waals surface area contributed by atoms with Crippen LogP contribution in [0.2, 0.25) is 0 Å². The van der Waals surface area contributed by atoms with Gasteiger partial charge in [-0.15, -0.1) is 12.4 Å². The first-order valence-corrected chi connectivity index (χ1v) is 11.7. The van der Waals surface area contributed by atoms with Crippen molar-refractivity contribution >= 4 is 28.5 Å². The van der Waals surface area contributed by atoms with Gasteiger partial charge in [0.05, 0.1) is 0 Å². The van der Waals surface area contributed by atoms with Crippen LogP contribution in [0.3, 0.4) is 0 Å². The molecule has 156 valence electrons. The zero-order chi connectivity index (χ0) is 18.2. The number of carbonyl (C=O) groups is 1. The minimum atomic E-state index is -3.37. The molecule has 1 N–H and O–H groups in total. The number of piperidine rings is 1. The van der Waals surface area contributed by atoms with E-state index >= 15 is 0 Å². The molecule has 1 unspecified atom stereocenters. The number of nitrogens with one attached hydrogen (secondary N) is 1. The molecule has 3 saturated heterocycles. The highest BCUT2D eigenvalue weighted by Crippen LogP contribution is 2.59. The number of halogens is 1. The van der Waals surface area contributed by atoms with E-state index in [0.29, 0.717) is 39.3 Å². The van der Waals surface area contributed by atoms with Crippen LogP contribution in [0.4, 0.5) is 0 Å². The lowest BCUT2D eigenvalue weighted by atomic mass is 9.91. The second kappa shape index (κ2) is 8.53. The van der Waals surface area contributed by atoms with Gasteiger partial charge in [-0.1, -0.05) is 12.8 Å². The van der Waals surface area contributed by atoms with Crippen LogP contribution in [0.15, 0.2) is 0 Å². The molecular weight excluding hydrogens is 388 g/mol. The van der Waals surface area contributed by atoms with E-state index in [1.807, 2.05) is 4.90 Å². The lowest BCUT2D eigenvalue weighted by Crippen LogP contribution is -2.54. The van der Waals surface area contributed by atoms with E-state index in [2.05, 4.69) is 5.32 Å². The quantitative estimate of drug-likeness (QED) is 0.741. The Balaban J connectivity index is 0.00000210. The van der Waals surface area contributed by atoms with Crippen molar-refractivity contribution in [1.29, 1.82) is 0 Å². The van der Waals surface area contributed by atoms with Crippen LogP contribution in [0.25, 0.3) is 0 Å². The molecule has 1 saturated carbocycles. The van der Waals surface area contributed by atoms with Crippen LogP contribution in [0, 0.1) is 11.3 Å². The van der Waals surface area contributed by atoms with Crippen LogP contribution < -0.4 is 5.32 Å². The van der Waals surface area contributed by atoms with Gasteiger partial charge in [0.2, 0.25) is 5.91 Å². The summed E-state index contributed by atoms with van der Waals surface area (Å²) in [6, 6.07) is 0. The third-order valence-corrected chi connectivity index (χ3v) is 8.89. The van der Waals surface area contributed by atoms with Crippen molar-refractivity contribution in [3.8, 4) is 0 Å². The maximum Gasteiger partial charge on any atom is 0.282 e. The fraction of sp³-hybridized carbons (Fsp3) is 0.944. The Bertz CT molecular complexity index is 623. The molecule has 4 aliphatic rings. The predicted molar refractivity (Wildman–Crippen MR) is 107 cm³/mol. The van der Waals surface area contributed by atoms with Gasteiger partial charge >= 0.3 is 0 Å². The lowest BCUT2D eigenvalue weighted by molar-refractivity contribution is -0.134.